The fourth-order valence-corrected chi connectivity index (χ4v) is 5.87. The first-order valence-electron chi connectivity index (χ1n) is 11.6. The molecule has 0 spiro atoms. The third-order valence-electron chi connectivity index (χ3n) is 6.55. The number of ether oxygens (including phenoxy) is 1. The van der Waals surface area contributed by atoms with Crippen LogP contribution in [0, 0.1) is 0 Å². The molecule has 0 N–H and O–H groups in total. The number of amides is 2. The van der Waals surface area contributed by atoms with E-state index in [1.165, 1.54) is 4.88 Å². The van der Waals surface area contributed by atoms with Gasteiger partial charge in [0.15, 0.2) is 0 Å². The standard InChI is InChI=1S/C27H28Cl2N2O3S/c1-4-17(2)31(27(33)18-6-5-7-20(14-18)34-3)16-25(32)30-12-10-24-22(11-13-35-24)26(30)21-9-8-19(28)15-23(21)29/h5-9,11,13-15,17,26H,4,10,12,16H2,1-3H3/t17-,26+/m1/s1. The Labute approximate surface area is 220 Å². The van der Waals surface area contributed by atoms with Crippen LogP contribution in [-0.2, 0) is 11.2 Å². The maximum atomic E-state index is 13.8. The van der Waals surface area contributed by atoms with Crippen molar-refractivity contribution < 1.29 is 14.3 Å². The van der Waals surface area contributed by atoms with Gasteiger partial charge < -0.3 is 14.5 Å². The van der Waals surface area contributed by atoms with E-state index >= 15 is 0 Å². The van der Waals surface area contributed by atoms with E-state index in [-0.39, 0.29) is 30.4 Å². The molecule has 8 heteroatoms. The summed E-state index contributed by atoms with van der Waals surface area (Å²) in [7, 11) is 1.57. The zero-order valence-electron chi connectivity index (χ0n) is 20.0. The van der Waals surface area contributed by atoms with Crippen molar-refractivity contribution in [2.45, 2.75) is 38.8 Å². The molecule has 0 saturated carbocycles. The molecular formula is C27H28Cl2N2O3S. The van der Waals surface area contributed by atoms with Crippen molar-refractivity contribution in [1.82, 2.24) is 9.80 Å². The molecule has 5 nitrogen and oxygen atoms in total. The van der Waals surface area contributed by atoms with Gasteiger partial charge in [-0.1, -0.05) is 42.3 Å². The number of fused-ring (bicyclic) bond motifs is 1. The topological polar surface area (TPSA) is 49.9 Å². The highest BCUT2D eigenvalue weighted by atomic mass is 35.5. The first-order chi connectivity index (χ1) is 16.8. The second-order valence-corrected chi connectivity index (χ2v) is 10.5. The maximum Gasteiger partial charge on any atom is 0.254 e. The van der Waals surface area contributed by atoms with Crippen molar-refractivity contribution in [2.75, 3.05) is 20.2 Å². The molecule has 1 aliphatic rings. The Bertz CT molecular complexity index is 1230. The second kappa shape index (κ2) is 11.0. The second-order valence-electron chi connectivity index (χ2n) is 8.63. The summed E-state index contributed by atoms with van der Waals surface area (Å²) in [4.78, 5) is 32.1. The summed E-state index contributed by atoms with van der Waals surface area (Å²) in [6.07, 6.45) is 1.50. The Morgan fingerprint density at radius 1 is 1.17 bits per heavy atom. The fourth-order valence-electron chi connectivity index (χ4n) is 4.45. The van der Waals surface area contributed by atoms with Gasteiger partial charge in [-0.25, -0.2) is 0 Å². The summed E-state index contributed by atoms with van der Waals surface area (Å²) < 4.78 is 5.29. The van der Waals surface area contributed by atoms with Crippen molar-refractivity contribution >= 4 is 46.4 Å². The molecule has 0 fully saturated rings. The Morgan fingerprint density at radius 3 is 2.69 bits per heavy atom. The molecule has 2 heterocycles. The SMILES string of the molecule is CC[C@@H](C)N(CC(=O)N1CCc2sccc2[C@@H]1c1ccc(Cl)cc1Cl)C(=O)c1cccc(OC)c1. The van der Waals surface area contributed by atoms with Gasteiger partial charge in [0.1, 0.15) is 12.3 Å². The summed E-state index contributed by atoms with van der Waals surface area (Å²) >= 11 is 14.5. The summed E-state index contributed by atoms with van der Waals surface area (Å²) in [6, 6.07) is 14.0. The molecule has 0 aliphatic carbocycles. The molecule has 1 aliphatic heterocycles. The Morgan fingerprint density at radius 2 is 1.97 bits per heavy atom. The summed E-state index contributed by atoms with van der Waals surface area (Å²) in [5, 5.41) is 3.11. The minimum absolute atomic E-state index is 0.0216. The van der Waals surface area contributed by atoms with E-state index in [0.717, 1.165) is 24.0 Å². The number of hydrogen-bond donors (Lipinski definition) is 0. The molecule has 2 aromatic carbocycles. The molecule has 1 aromatic heterocycles. The maximum absolute atomic E-state index is 13.8. The molecule has 0 radical (unpaired) electrons. The Balaban J connectivity index is 1.66. The first kappa shape index (κ1) is 25.5. The van der Waals surface area contributed by atoms with Crippen LogP contribution in [0.2, 0.25) is 10.0 Å². The first-order valence-corrected chi connectivity index (χ1v) is 13.2. The lowest BCUT2D eigenvalue weighted by molar-refractivity contribution is -0.134. The van der Waals surface area contributed by atoms with Gasteiger partial charge in [-0.2, -0.15) is 0 Å². The van der Waals surface area contributed by atoms with Crippen molar-refractivity contribution in [1.29, 1.82) is 0 Å². The number of methoxy groups -OCH3 is 1. The fraction of sp³-hybridized carbons (Fsp3) is 0.333. The van der Waals surface area contributed by atoms with E-state index in [0.29, 0.717) is 27.9 Å². The van der Waals surface area contributed by atoms with Crippen molar-refractivity contribution in [3.63, 3.8) is 0 Å². The normalized spacial score (nSPS) is 15.9. The number of rotatable bonds is 7. The van der Waals surface area contributed by atoms with E-state index in [1.807, 2.05) is 30.2 Å². The zero-order chi connectivity index (χ0) is 25.1. The molecule has 0 bridgehead atoms. The van der Waals surface area contributed by atoms with Crippen LogP contribution in [0.1, 0.15) is 52.7 Å². The van der Waals surface area contributed by atoms with Gasteiger partial charge in [-0.05, 0) is 72.7 Å². The van der Waals surface area contributed by atoms with Crippen LogP contribution in [0.3, 0.4) is 0 Å². The van der Waals surface area contributed by atoms with Crippen LogP contribution >= 0.6 is 34.5 Å². The Kier molecular flexibility index (Phi) is 8.05. The van der Waals surface area contributed by atoms with Crippen LogP contribution in [0.25, 0.3) is 0 Å². The van der Waals surface area contributed by atoms with Gasteiger partial charge in [-0.3, -0.25) is 9.59 Å². The number of hydrogen-bond acceptors (Lipinski definition) is 4. The van der Waals surface area contributed by atoms with E-state index < -0.39 is 0 Å². The van der Waals surface area contributed by atoms with Crippen LogP contribution in [-0.4, -0.2) is 47.9 Å². The van der Waals surface area contributed by atoms with Gasteiger partial charge in [0.25, 0.3) is 5.91 Å². The highest BCUT2D eigenvalue weighted by Crippen LogP contribution is 2.41. The number of thiophene rings is 1. The molecule has 2 amide bonds. The monoisotopic (exact) mass is 530 g/mol. The van der Waals surface area contributed by atoms with Gasteiger partial charge in [0, 0.05) is 33.1 Å². The largest absolute Gasteiger partial charge is 0.497 e. The van der Waals surface area contributed by atoms with Gasteiger partial charge in [-0.15, -0.1) is 11.3 Å². The number of carbonyl (C=O) groups excluding carboxylic acids is 2. The van der Waals surface area contributed by atoms with Gasteiger partial charge in [0.05, 0.1) is 13.2 Å². The number of carbonyl (C=O) groups is 2. The average Bonchev–Trinajstić information content (AvgIpc) is 3.35. The third kappa shape index (κ3) is 5.35. The Hall–Kier alpha value is -2.54. The van der Waals surface area contributed by atoms with Crippen LogP contribution in [0.5, 0.6) is 5.75 Å². The highest BCUT2D eigenvalue weighted by Gasteiger charge is 2.35. The quantitative estimate of drug-likeness (QED) is 0.351. The number of nitrogens with zero attached hydrogens (tertiary/aromatic N) is 2. The highest BCUT2D eigenvalue weighted by molar-refractivity contribution is 7.10. The number of benzene rings is 2. The van der Waals surface area contributed by atoms with Gasteiger partial charge >= 0.3 is 0 Å². The molecule has 3 aromatic rings. The molecule has 0 unspecified atom stereocenters. The molecule has 35 heavy (non-hydrogen) atoms. The molecule has 184 valence electrons. The van der Waals surface area contributed by atoms with Crippen molar-refractivity contribution in [3.05, 3.63) is 85.5 Å². The van der Waals surface area contributed by atoms with Crippen molar-refractivity contribution in [3.8, 4) is 5.75 Å². The lowest BCUT2D eigenvalue weighted by Crippen LogP contribution is -2.49. The summed E-state index contributed by atoms with van der Waals surface area (Å²) in [5.41, 5.74) is 2.40. The molecule has 0 saturated heterocycles. The van der Waals surface area contributed by atoms with E-state index in [2.05, 4.69) is 6.07 Å². The predicted molar refractivity (Wildman–Crippen MR) is 142 cm³/mol. The minimum atomic E-state index is -0.326. The van der Waals surface area contributed by atoms with E-state index in [4.69, 9.17) is 27.9 Å². The molecule has 4 rings (SSSR count). The number of halogens is 2. The zero-order valence-corrected chi connectivity index (χ0v) is 22.3. The lowest BCUT2D eigenvalue weighted by Gasteiger charge is -2.38. The third-order valence-corrected chi connectivity index (χ3v) is 8.11. The van der Waals surface area contributed by atoms with Crippen LogP contribution < -0.4 is 4.74 Å². The summed E-state index contributed by atoms with van der Waals surface area (Å²) in [5.74, 6) is 0.292. The smallest absolute Gasteiger partial charge is 0.254 e. The van der Waals surface area contributed by atoms with Crippen molar-refractivity contribution in [2.24, 2.45) is 0 Å². The van der Waals surface area contributed by atoms with Gasteiger partial charge in [0.2, 0.25) is 5.91 Å². The van der Waals surface area contributed by atoms with Crippen LogP contribution in [0.15, 0.2) is 53.9 Å². The van der Waals surface area contributed by atoms with Crippen LogP contribution in [0.4, 0.5) is 0 Å². The average molecular weight is 532 g/mol. The van der Waals surface area contributed by atoms with E-state index in [9.17, 15) is 9.59 Å². The molecule has 2 atom stereocenters. The van der Waals surface area contributed by atoms with E-state index in [1.54, 1.807) is 59.7 Å². The molecular weight excluding hydrogens is 503 g/mol. The lowest BCUT2D eigenvalue weighted by atomic mass is 9.93. The minimum Gasteiger partial charge on any atom is -0.497 e. The predicted octanol–water partition coefficient (Wildman–Crippen LogP) is 6.48. The summed E-state index contributed by atoms with van der Waals surface area (Å²) in [6.45, 7) is 4.51.